The van der Waals surface area contributed by atoms with Crippen molar-refractivity contribution in [3.05, 3.63) is 35.4 Å². The predicted molar refractivity (Wildman–Crippen MR) is 57.3 cm³/mol. The molecule has 0 radical (unpaired) electrons. The highest BCUT2D eigenvalue weighted by atomic mass is 19.1. The molecule has 1 aromatic carbocycles. The molecule has 94 valence electrons. The van der Waals surface area contributed by atoms with E-state index in [4.69, 9.17) is 5.11 Å². The van der Waals surface area contributed by atoms with E-state index in [2.05, 4.69) is 0 Å². The van der Waals surface area contributed by atoms with E-state index in [1.54, 1.807) is 0 Å². The van der Waals surface area contributed by atoms with Gasteiger partial charge in [0.05, 0.1) is 12.0 Å². The number of aliphatic hydroxyl groups excluding tert-OH is 1. The van der Waals surface area contributed by atoms with Gasteiger partial charge >= 0.3 is 5.97 Å². The van der Waals surface area contributed by atoms with Crippen LogP contribution in [0, 0.1) is 23.5 Å². The SMILES string of the molecule is CC(C(=O)O)C(C)C(O)c1ccc(F)cc1F. The average molecular weight is 244 g/mol. The molecular formula is C12H14F2O3. The molecule has 0 bridgehead atoms. The van der Waals surface area contributed by atoms with Crippen LogP contribution in [-0.2, 0) is 4.79 Å². The minimum atomic E-state index is -1.28. The standard InChI is InChI=1S/C12H14F2O3/c1-6(7(2)12(16)17)11(15)9-4-3-8(13)5-10(9)14/h3-7,11,15H,1-2H3,(H,16,17). The molecule has 3 unspecified atom stereocenters. The van der Waals surface area contributed by atoms with Gasteiger partial charge in [-0.3, -0.25) is 4.79 Å². The first-order valence-electron chi connectivity index (χ1n) is 5.20. The molecule has 1 aromatic rings. The van der Waals surface area contributed by atoms with Crippen LogP contribution >= 0.6 is 0 Å². The van der Waals surface area contributed by atoms with E-state index in [1.807, 2.05) is 0 Å². The predicted octanol–water partition coefficient (Wildman–Crippen LogP) is 2.36. The van der Waals surface area contributed by atoms with Crippen LogP contribution in [0.25, 0.3) is 0 Å². The van der Waals surface area contributed by atoms with Crippen molar-refractivity contribution < 1.29 is 23.8 Å². The summed E-state index contributed by atoms with van der Waals surface area (Å²) in [6.45, 7) is 2.93. The highest BCUT2D eigenvalue weighted by Crippen LogP contribution is 2.29. The molecule has 0 aliphatic rings. The molecule has 0 aliphatic heterocycles. The quantitative estimate of drug-likeness (QED) is 0.854. The number of benzene rings is 1. The molecule has 0 heterocycles. The zero-order valence-electron chi connectivity index (χ0n) is 9.52. The number of carboxylic acids is 1. The molecule has 5 heteroatoms. The average Bonchev–Trinajstić information content (AvgIpc) is 2.26. The first kappa shape index (κ1) is 13.6. The molecule has 3 atom stereocenters. The van der Waals surface area contributed by atoms with Gasteiger partial charge in [0, 0.05) is 11.6 Å². The van der Waals surface area contributed by atoms with Crippen LogP contribution in [0.3, 0.4) is 0 Å². The summed E-state index contributed by atoms with van der Waals surface area (Å²) in [7, 11) is 0. The second-order valence-electron chi connectivity index (χ2n) is 4.10. The molecule has 2 N–H and O–H groups in total. The fourth-order valence-electron chi connectivity index (χ4n) is 1.52. The zero-order valence-corrected chi connectivity index (χ0v) is 9.52. The van der Waals surface area contributed by atoms with Gasteiger partial charge in [-0.2, -0.15) is 0 Å². The summed E-state index contributed by atoms with van der Waals surface area (Å²) in [6.07, 6.45) is -1.28. The van der Waals surface area contributed by atoms with Crippen molar-refractivity contribution in [2.75, 3.05) is 0 Å². The summed E-state index contributed by atoms with van der Waals surface area (Å²) in [5.74, 6) is -4.18. The Kier molecular flexibility index (Phi) is 4.17. The second kappa shape index (κ2) is 5.23. The summed E-state index contributed by atoms with van der Waals surface area (Å²) in [5, 5.41) is 18.7. The number of halogens is 2. The minimum absolute atomic E-state index is 0.0907. The van der Waals surface area contributed by atoms with Gasteiger partial charge in [-0.15, -0.1) is 0 Å². The Morgan fingerprint density at radius 1 is 1.29 bits per heavy atom. The third-order valence-electron chi connectivity index (χ3n) is 2.96. The summed E-state index contributed by atoms with van der Waals surface area (Å²) < 4.78 is 26.1. The van der Waals surface area contributed by atoms with Crippen LogP contribution in [0.1, 0.15) is 25.5 Å². The van der Waals surface area contributed by atoms with Crippen LogP contribution in [-0.4, -0.2) is 16.2 Å². The summed E-state index contributed by atoms with van der Waals surface area (Å²) in [5.41, 5.74) is -0.0907. The number of hydrogen-bond donors (Lipinski definition) is 2. The van der Waals surface area contributed by atoms with Crippen LogP contribution in [0.4, 0.5) is 8.78 Å². The Bertz CT molecular complexity index is 420. The normalized spacial score (nSPS) is 16.3. The van der Waals surface area contributed by atoms with Crippen LogP contribution in [0.2, 0.25) is 0 Å². The van der Waals surface area contributed by atoms with Crippen molar-refractivity contribution in [3.8, 4) is 0 Å². The van der Waals surface area contributed by atoms with Crippen molar-refractivity contribution in [2.24, 2.45) is 11.8 Å². The lowest BCUT2D eigenvalue weighted by molar-refractivity contribution is -0.144. The highest BCUT2D eigenvalue weighted by Gasteiger charge is 2.28. The van der Waals surface area contributed by atoms with Gasteiger partial charge in [0.25, 0.3) is 0 Å². The van der Waals surface area contributed by atoms with Gasteiger partial charge in [-0.25, -0.2) is 8.78 Å². The number of rotatable bonds is 4. The fourth-order valence-corrected chi connectivity index (χ4v) is 1.52. The Labute approximate surface area is 97.7 Å². The van der Waals surface area contributed by atoms with Crippen molar-refractivity contribution >= 4 is 5.97 Å². The Morgan fingerprint density at radius 3 is 2.35 bits per heavy atom. The molecule has 3 nitrogen and oxygen atoms in total. The zero-order chi connectivity index (χ0) is 13.2. The van der Waals surface area contributed by atoms with E-state index in [0.717, 1.165) is 12.1 Å². The maximum absolute atomic E-state index is 13.4. The van der Waals surface area contributed by atoms with Crippen molar-refractivity contribution in [3.63, 3.8) is 0 Å². The third-order valence-corrected chi connectivity index (χ3v) is 2.96. The molecule has 0 spiro atoms. The summed E-state index contributed by atoms with van der Waals surface area (Å²) in [4.78, 5) is 10.8. The Balaban J connectivity index is 2.96. The lowest BCUT2D eigenvalue weighted by Crippen LogP contribution is -2.24. The summed E-state index contributed by atoms with van der Waals surface area (Å²) >= 11 is 0. The molecule has 17 heavy (non-hydrogen) atoms. The maximum atomic E-state index is 13.4. The smallest absolute Gasteiger partial charge is 0.306 e. The van der Waals surface area contributed by atoms with Gasteiger partial charge < -0.3 is 10.2 Å². The van der Waals surface area contributed by atoms with E-state index in [1.165, 1.54) is 13.8 Å². The van der Waals surface area contributed by atoms with Crippen LogP contribution < -0.4 is 0 Å². The lowest BCUT2D eigenvalue weighted by Gasteiger charge is -2.22. The fraction of sp³-hybridized carbons (Fsp3) is 0.417. The van der Waals surface area contributed by atoms with E-state index < -0.39 is 35.5 Å². The molecule has 0 aromatic heterocycles. The topological polar surface area (TPSA) is 57.5 Å². The van der Waals surface area contributed by atoms with Crippen LogP contribution in [0.15, 0.2) is 18.2 Å². The lowest BCUT2D eigenvalue weighted by atomic mass is 9.87. The van der Waals surface area contributed by atoms with E-state index >= 15 is 0 Å². The molecule has 0 fully saturated rings. The third kappa shape index (κ3) is 3.00. The first-order chi connectivity index (χ1) is 7.84. The van der Waals surface area contributed by atoms with Gasteiger partial charge in [0.15, 0.2) is 0 Å². The number of hydrogen-bond acceptors (Lipinski definition) is 2. The summed E-state index contributed by atoms with van der Waals surface area (Å²) in [6, 6.07) is 2.82. The van der Waals surface area contributed by atoms with Crippen molar-refractivity contribution in [2.45, 2.75) is 20.0 Å². The van der Waals surface area contributed by atoms with E-state index in [9.17, 15) is 18.7 Å². The molecule has 0 saturated heterocycles. The van der Waals surface area contributed by atoms with Gasteiger partial charge in [-0.1, -0.05) is 19.9 Å². The molecule has 0 amide bonds. The second-order valence-corrected chi connectivity index (χ2v) is 4.10. The van der Waals surface area contributed by atoms with E-state index in [-0.39, 0.29) is 5.56 Å². The number of carboxylic acid groups (broad SMARTS) is 1. The van der Waals surface area contributed by atoms with E-state index in [0.29, 0.717) is 6.07 Å². The first-order valence-corrected chi connectivity index (χ1v) is 5.20. The van der Waals surface area contributed by atoms with Crippen molar-refractivity contribution in [1.29, 1.82) is 0 Å². The molecule has 0 aliphatic carbocycles. The number of aliphatic hydroxyl groups is 1. The molecule has 0 saturated carbocycles. The largest absolute Gasteiger partial charge is 0.481 e. The highest BCUT2D eigenvalue weighted by molar-refractivity contribution is 5.69. The number of aliphatic carboxylic acids is 1. The monoisotopic (exact) mass is 244 g/mol. The minimum Gasteiger partial charge on any atom is -0.481 e. The van der Waals surface area contributed by atoms with Gasteiger partial charge in [0.2, 0.25) is 0 Å². The maximum Gasteiger partial charge on any atom is 0.306 e. The van der Waals surface area contributed by atoms with Crippen molar-refractivity contribution in [1.82, 2.24) is 0 Å². The Morgan fingerprint density at radius 2 is 1.88 bits per heavy atom. The Hall–Kier alpha value is -1.49. The molecule has 1 rings (SSSR count). The molecular weight excluding hydrogens is 230 g/mol. The van der Waals surface area contributed by atoms with Gasteiger partial charge in [0.1, 0.15) is 11.6 Å². The number of carbonyl (C=O) groups is 1. The van der Waals surface area contributed by atoms with Crippen LogP contribution in [0.5, 0.6) is 0 Å². The van der Waals surface area contributed by atoms with Gasteiger partial charge in [-0.05, 0) is 12.0 Å².